The van der Waals surface area contributed by atoms with Crippen LogP contribution in [0.2, 0.25) is 5.02 Å². The highest BCUT2D eigenvalue weighted by Gasteiger charge is 2.22. The molecule has 1 saturated carbocycles. The Bertz CT molecular complexity index is 538. The number of benzene rings is 1. The first-order valence-electron chi connectivity index (χ1n) is 7.25. The first-order chi connectivity index (χ1) is 9.97. The molecule has 2 rings (SSSR count). The monoisotopic (exact) mass is 309 g/mol. The van der Waals surface area contributed by atoms with E-state index >= 15 is 0 Å². The number of nitrogens with one attached hydrogen (secondary N) is 1. The average molecular weight is 310 g/mol. The van der Waals surface area contributed by atoms with E-state index < -0.39 is 6.10 Å². The molecule has 0 heterocycles. The summed E-state index contributed by atoms with van der Waals surface area (Å²) in [7, 11) is 0. The quantitative estimate of drug-likeness (QED) is 0.848. The first kappa shape index (κ1) is 15.8. The number of halogens is 1. The van der Waals surface area contributed by atoms with E-state index in [0.717, 1.165) is 12.8 Å². The molecular formula is C16H20ClNO3. The molecule has 21 heavy (non-hydrogen) atoms. The van der Waals surface area contributed by atoms with Crippen molar-refractivity contribution in [2.45, 2.75) is 51.7 Å². The topological polar surface area (TPSA) is 55.4 Å². The van der Waals surface area contributed by atoms with Crippen LogP contribution in [0.1, 0.15) is 49.9 Å². The van der Waals surface area contributed by atoms with E-state index in [1.165, 1.54) is 19.8 Å². The van der Waals surface area contributed by atoms with E-state index in [1.54, 1.807) is 25.1 Å². The summed E-state index contributed by atoms with van der Waals surface area (Å²) in [6.45, 7) is 3.17. The second kappa shape index (κ2) is 6.94. The van der Waals surface area contributed by atoms with Crippen LogP contribution in [-0.4, -0.2) is 23.8 Å². The van der Waals surface area contributed by atoms with Gasteiger partial charge in [0.15, 0.2) is 11.9 Å². The third-order valence-electron chi connectivity index (χ3n) is 3.71. The summed E-state index contributed by atoms with van der Waals surface area (Å²) in [5, 5.41) is 3.32. The zero-order valence-electron chi connectivity index (χ0n) is 12.3. The Labute approximate surface area is 129 Å². The number of hydrogen-bond donors (Lipinski definition) is 1. The Hall–Kier alpha value is -1.55. The van der Waals surface area contributed by atoms with Gasteiger partial charge in [0, 0.05) is 11.6 Å². The lowest BCUT2D eigenvalue weighted by molar-refractivity contribution is -0.127. The molecule has 1 aromatic rings. The van der Waals surface area contributed by atoms with Crippen molar-refractivity contribution in [3.05, 3.63) is 28.8 Å². The third-order valence-corrected chi connectivity index (χ3v) is 4.01. The number of carbonyl (C=O) groups is 2. The average Bonchev–Trinajstić information content (AvgIpc) is 2.93. The van der Waals surface area contributed by atoms with Gasteiger partial charge in [-0.1, -0.05) is 24.4 Å². The van der Waals surface area contributed by atoms with E-state index in [2.05, 4.69) is 5.32 Å². The summed E-state index contributed by atoms with van der Waals surface area (Å²) in [5.74, 6) is 0.222. The summed E-state index contributed by atoms with van der Waals surface area (Å²) in [6.07, 6.45) is 3.78. The molecule has 1 fully saturated rings. The SMILES string of the molecule is CC(=O)c1ccc(OC(C)C(=O)NC2CCCC2)c(Cl)c1. The Balaban J connectivity index is 1.96. The second-order valence-electron chi connectivity index (χ2n) is 5.45. The lowest BCUT2D eigenvalue weighted by atomic mass is 10.1. The molecule has 0 radical (unpaired) electrons. The minimum atomic E-state index is -0.619. The van der Waals surface area contributed by atoms with E-state index in [1.807, 2.05) is 0 Å². The van der Waals surface area contributed by atoms with Gasteiger partial charge in [-0.25, -0.2) is 0 Å². The van der Waals surface area contributed by atoms with Crippen LogP contribution in [0.5, 0.6) is 5.75 Å². The van der Waals surface area contributed by atoms with Gasteiger partial charge in [-0.05, 0) is 44.9 Å². The smallest absolute Gasteiger partial charge is 0.260 e. The van der Waals surface area contributed by atoms with Crippen LogP contribution < -0.4 is 10.1 Å². The number of ketones is 1. The van der Waals surface area contributed by atoms with Crippen LogP contribution in [0.25, 0.3) is 0 Å². The number of carbonyl (C=O) groups excluding carboxylic acids is 2. The number of rotatable bonds is 5. The largest absolute Gasteiger partial charge is 0.479 e. The number of amides is 1. The van der Waals surface area contributed by atoms with Gasteiger partial charge in [-0.3, -0.25) is 9.59 Å². The molecule has 114 valence electrons. The van der Waals surface area contributed by atoms with Crippen LogP contribution >= 0.6 is 11.6 Å². The standard InChI is InChI=1S/C16H20ClNO3/c1-10(19)12-7-8-15(14(17)9-12)21-11(2)16(20)18-13-5-3-4-6-13/h7-9,11,13H,3-6H2,1-2H3,(H,18,20). The van der Waals surface area contributed by atoms with Gasteiger partial charge < -0.3 is 10.1 Å². The van der Waals surface area contributed by atoms with Crippen molar-refractivity contribution in [1.29, 1.82) is 0 Å². The fourth-order valence-corrected chi connectivity index (χ4v) is 2.67. The van der Waals surface area contributed by atoms with E-state index in [4.69, 9.17) is 16.3 Å². The van der Waals surface area contributed by atoms with Crippen LogP contribution in [0.15, 0.2) is 18.2 Å². The molecule has 0 spiro atoms. The van der Waals surface area contributed by atoms with Crippen molar-refractivity contribution < 1.29 is 14.3 Å². The zero-order chi connectivity index (χ0) is 15.4. The minimum Gasteiger partial charge on any atom is -0.479 e. The summed E-state index contributed by atoms with van der Waals surface area (Å²) < 4.78 is 5.60. The first-order valence-corrected chi connectivity index (χ1v) is 7.62. The molecule has 1 atom stereocenters. The van der Waals surface area contributed by atoms with Crippen LogP contribution in [0, 0.1) is 0 Å². The maximum Gasteiger partial charge on any atom is 0.260 e. The van der Waals surface area contributed by atoms with Gasteiger partial charge in [0.05, 0.1) is 5.02 Å². The maximum atomic E-state index is 12.1. The predicted octanol–water partition coefficient (Wildman–Crippen LogP) is 3.37. The molecule has 4 nitrogen and oxygen atoms in total. The van der Waals surface area contributed by atoms with Gasteiger partial charge in [0.25, 0.3) is 5.91 Å². The fraction of sp³-hybridized carbons (Fsp3) is 0.500. The van der Waals surface area contributed by atoms with Crippen LogP contribution in [0.4, 0.5) is 0 Å². The Morgan fingerprint density at radius 2 is 2.00 bits per heavy atom. The van der Waals surface area contributed by atoms with E-state index in [0.29, 0.717) is 16.3 Å². The second-order valence-corrected chi connectivity index (χ2v) is 5.86. The molecule has 1 aliphatic rings. The molecule has 0 bridgehead atoms. The molecular weight excluding hydrogens is 290 g/mol. The van der Waals surface area contributed by atoms with Crippen molar-refractivity contribution >= 4 is 23.3 Å². The van der Waals surface area contributed by atoms with Gasteiger partial charge in [-0.15, -0.1) is 0 Å². The van der Waals surface area contributed by atoms with Crippen molar-refractivity contribution in [3.8, 4) is 5.75 Å². The van der Waals surface area contributed by atoms with Crippen molar-refractivity contribution in [2.24, 2.45) is 0 Å². The third kappa shape index (κ3) is 4.21. The molecule has 1 N–H and O–H groups in total. The predicted molar refractivity (Wildman–Crippen MR) is 81.9 cm³/mol. The summed E-state index contributed by atoms with van der Waals surface area (Å²) in [6, 6.07) is 5.09. The molecule has 1 aliphatic carbocycles. The highest BCUT2D eigenvalue weighted by molar-refractivity contribution is 6.32. The molecule has 0 aromatic heterocycles. The van der Waals surface area contributed by atoms with Crippen molar-refractivity contribution in [1.82, 2.24) is 5.32 Å². The molecule has 0 aliphatic heterocycles. The fourth-order valence-electron chi connectivity index (χ4n) is 2.45. The molecule has 5 heteroatoms. The Kier molecular flexibility index (Phi) is 5.23. The maximum absolute atomic E-state index is 12.1. The molecule has 1 unspecified atom stereocenters. The Morgan fingerprint density at radius 3 is 2.57 bits per heavy atom. The summed E-state index contributed by atoms with van der Waals surface area (Å²) in [5.41, 5.74) is 0.524. The van der Waals surface area contributed by atoms with Gasteiger partial charge in [-0.2, -0.15) is 0 Å². The van der Waals surface area contributed by atoms with Gasteiger partial charge in [0.2, 0.25) is 0 Å². The van der Waals surface area contributed by atoms with Crippen LogP contribution in [-0.2, 0) is 4.79 Å². The normalized spacial score (nSPS) is 16.5. The van der Waals surface area contributed by atoms with Gasteiger partial charge in [0.1, 0.15) is 5.75 Å². The summed E-state index contributed by atoms with van der Waals surface area (Å²) >= 11 is 6.08. The number of Topliss-reactive ketones (excluding diaryl/α,β-unsaturated/α-hetero) is 1. The number of ether oxygens (including phenoxy) is 1. The van der Waals surface area contributed by atoms with Gasteiger partial charge >= 0.3 is 0 Å². The Morgan fingerprint density at radius 1 is 1.33 bits per heavy atom. The molecule has 1 amide bonds. The lowest BCUT2D eigenvalue weighted by Crippen LogP contribution is -2.41. The van der Waals surface area contributed by atoms with Crippen molar-refractivity contribution in [2.75, 3.05) is 0 Å². The lowest BCUT2D eigenvalue weighted by Gasteiger charge is -2.18. The summed E-state index contributed by atoms with van der Waals surface area (Å²) in [4.78, 5) is 23.3. The van der Waals surface area contributed by atoms with Crippen LogP contribution in [0.3, 0.4) is 0 Å². The highest BCUT2D eigenvalue weighted by atomic mass is 35.5. The van der Waals surface area contributed by atoms with E-state index in [9.17, 15) is 9.59 Å². The minimum absolute atomic E-state index is 0.0597. The molecule has 0 saturated heterocycles. The number of hydrogen-bond acceptors (Lipinski definition) is 3. The van der Waals surface area contributed by atoms with E-state index in [-0.39, 0.29) is 17.7 Å². The van der Waals surface area contributed by atoms with Crippen molar-refractivity contribution in [3.63, 3.8) is 0 Å². The zero-order valence-corrected chi connectivity index (χ0v) is 13.1. The molecule has 1 aromatic carbocycles. The highest BCUT2D eigenvalue weighted by Crippen LogP contribution is 2.27.